The number of aliphatic hydroxyl groups is 1. The summed E-state index contributed by atoms with van der Waals surface area (Å²) in [6.45, 7) is 7.53. The summed E-state index contributed by atoms with van der Waals surface area (Å²) < 4.78 is 0.351. The highest BCUT2D eigenvalue weighted by Gasteiger charge is 2.27. The number of halogens is 1. The Morgan fingerprint density at radius 1 is 1.62 bits per heavy atom. The molecule has 0 aromatic heterocycles. The lowest BCUT2D eigenvalue weighted by atomic mass is 10.2. The van der Waals surface area contributed by atoms with Crippen molar-refractivity contribution in [3.63, 3.8) is 0 Å². The van der Waals surface area contributed by atoms with E-state index in [9.17, 15) is 5.11 Å². The van der Waals surface area contributed by atoms with Crippen molar-refractivity contribution in [2.24, 2.45) is 0 Å². The van der Waals surface area contributed by atoms with Gasteiger partial charge >= 0.3 is 0 Å². The van der Waals surface area contributed by atoms with Crippen molar-refractivity contribution in [2.45, 2.75) is 24.7 Å². The van der Waals surface area contributed by atoms with E-state index in [2.05, 4.69) is 34.7 Å². The maximum absolute atomic E-state index is 9.49. The van der Waals surface area contributed by atoms with Crippen LogP contribution in [0, 0.1) is 0 Å². The fraction of sp³-hybridized carbons (Fsp3) is 1.00. The van der Waals surface area contributed by atoms with Gasteiger partial charge in [0.25, 0.3) is 0 Å². The van der Waals surface area contributed by atoms with Crippen molar-refractivity contribution in [3.8, 4) is 0 Å². The van der Waals surface area contributed by atoms with Gasteiger partial charge in [0.2, 0.25) is 0 Å². The van der Waals surface area contributed by atoms with Crippen LogP contribution in [0.2, 0.25) is 0 Å². The van der Waals surface area contributed by atoms with E-state index in [1.807, 2.05) is 11.8 Å². The molecule has 0 radical (unpaired) electrons. The second-order valence-electron chi connectivity index (χ2n) is 4.15. The molecule has 78 valence electrons. The van der Waals surface area contributed by atoms with Crippen LogP contribution in [-0.2, 0) is 0 Å². The van der Waals surface area contributed by atoms with Crippen LogP contribution in [0.1, 0.15) is 13.8 Å². The van der Waals surface area contributed by atoms with E-state index < -0.39 is 0 Å². The zero-order chi connectivity index (χ0) is 9.90. The molecule has 2 nitrogen and oxygen atoms in total. The Labute approximate surface area is 93.2 Å². The Balaban J connectivity index is 2.34. The van der Waals surface area contributed by atoms with Crippen LogP contribution in [0.5, 0.6) is 0 Å². The van der Waals surface area contributed by atoms with Gasteiger partial charge in [-0.25, -0.2) is 0 Å². The van der Waals surface area contributed by atoms with Crippen molar-refractivity contribution in [2.75, 3.05) is 30.7 Å². The molecule has 1 atom stereocenters. The molecule has 0 aromatic carbocycles. The summed E-state index contributed by atoms with van der Waals surface area (Å²) in [4.78, 5) is 2.35. The third-order valence-corrected chi connectivity index (χ3v) is 4.20. The fourth-order valence-electron chi connectivity index (χ4n) is 1.62. The lowest BCUT2D eigenvalue weighted by Gasteiger charge is -2.38. The largest absolute Gasteiger partial charge is 0.391 e. The molecule has 0 bridgehead atoms. The van der Waals surface area contributed by atoms with Gasteiger partial charge in [-0.05, 0) is 13.8 Å². The van der Waals surface area contributed by atoms with Gasteiger partial charge in [-0.1, -0.05) is 15.9 Å². The summed E-state index contributed by atoms with van der Waals surface area (Å²) in [5, 5.41) is 10.2. The van der Waals surface area contributed by atoms with Crippen LogP contribution in [-0.4, -0.2) is 51.6 Å². The first-order valence-electron chi connectivity index (χ1n) is 4.64. The normalized spacial score (nSPS) is 25.8. The Kier molecular flexibility index (Phi) is 4.55. The van der Waals surface area contributed by atoms with Crippen molar-refractivity contribution >= 4 is 27.7 Å². The highest BCUT2D eigenvalue weighted by Crippen LogP contribution is 2.29. The summed E-state index contributed by atoms with van der Waals surface area (Å²) in [5.41, 5.74) is 0. The van der Waals surface area contributed by atoms with Crippen molar-refractivity contribution in [1.29, 1.82) is 0 Å². The van der Waals surface area contributed by atoms with Gasteiger partial charge in [-0.3, -0.25) is 4.90 Å². The Bertz CT molecular complexity index is 166. The number of alkyl halides is 1. The summed E-state index contributed by atoms with van der Waals surface area (Å²) >= 11 is 5.31. The van der Waals surface area contributed by atoms with Crippen LogP contribution in [0.15, 0.2) is 0 Å². The minimum Gasteiger partial charge on any atom is -0.391 e. The van der Waals surface area contributed by atoms with E-state index in [1.165, 1.54) is 5.75 Å². The summed E-state index contributed by atoms with van der Waals surface area (Å²) in [6, 6.07) is 0. The van der Waals surface area contributed by atoms with Gasteiger partial charge in [0.05, 0.1) is 6.10 Å². The zero-order valence-corrected chi connectivity index (χ0v) is 10.7. The predicted octanol–water partition coefficient (Wildman–Crippen LogP) is 1.57. The second kappa shape index (κ2) is 5.01. The zero-order valence-electron chi connectivity index (χ0n) is 8.29. The first kappa shape index (κ1) is 11.8. The number of hydrogen-bond acceptors (Lipinski definition) is 3. The number of β-amino-alcohol motifs (C(OH)–C–C–N with tert-alkyl or cyclic N) is 1. The summed E-state index contributed by atoms with van der Waals surface area (Å²) in [5.74, 6) is 1.18. The molecular formula is C9H18BrNOS. The van der Waals surface area contributed by atoms with E-state index in [0.717, 1.165) is 19.6 Å². The average molecular weight is 268 g/mol. The third-order valence-electron chi connectivity index (χ3n) is 2.15. The van der Waals surface area contributed by atoms with E-state index in [4.69, 9.17) is 0 Å². The second-order valence-corrected chi connectivity index (χ2v) is 6.60. The Hall–Kier alpha value is 0.750. The maximum Gasteiger partial charge on any atom is 0.0763 e. The minimum absolute atomic E-state index is 0.223. The summed E-state index contributed by atoms with van der Waals surface area (Å²) in [6.07, 6.45) is -0.223. The lowest BCUT2D eigenvalue weighted by molar-refractivity contribution is 0.127. The van der Waals surface area contributed by atoms with Gasteiger partial charge in [-0.15, -0.1) is 0 Å². The average Bonchev–Trinajstić information content (AvgIpc) is 2.02. The number of rotatable bonds is 3. The van der Waals surface area contributed by atoms with E-state index >= 15 is 0 Å². The molecule has 13 heavy (non-hydrogen) atoms. The van der Waals surface area contributed by atoms with Crippen LogP contribution in [0.25, 0.3) is 0 Å². The molecule has 1 aliphatic heterocycles. The van der Waals surface area contributed by atoms with Crippen LogP contribution in [0.4, 0.5) is 0 Å². The van der Waals surface area contributed by atoms with Crippen LogP contribution < -0.4 is 0 Å². The molecule has 0 aliphatic carbocycles. The molecule has 4 heteroatoms. The molecule has 1 N–H and O–H groups in total. The first-order chi connectivity index (χ1) is 6.03. The van der Waals surface area contributed by atoms with Gasteiger partial charge in [-0.2, -0.15) is 11.8 Å². The van der Waals surface area contributed by atoms with Gasteiger partial charge in [0, 0.05) is 35.5 Å². The quantitative estimate of drug-likeness (QED) is 0.786. The first-order valence-corrected chi connectivity index (χ1v) is 6.74. The van der Waals surface area contributed by atoms with E-state index in [0.29, 0.717) is 10.1 Å². The van der Waals surface area contributed by atoms with Crippen molar-refractivity contribution in [3.05, 3.63) is 0 Å². The Morgan fingerprint density at radius 2 is 2.31 bits per heavy atom. The monoisotopic (exact) mass is 267 g/mol. The topological polar surface area (TPSA) is 23.5 Å². The minimum atomic E-state index is -0.223. The Morgan fingerprint density at radius 3 is 2.85 bits per heavy atom. The SMILES string of the molecule is CC1(C)CN(CC(O)CBr)CCS1. The summed E-state index contributed by atoms with van der Waals surface area (Å²) in [7, 11) is 0. The van der Waals surface area contributed by atoms with Crippen molar-refractivity contribution in [1.82, 2.24) is 4.90 Å². The standard InChI is InChI=1S/C9H18BrNOS/c1-9(2)7-11(3-4-13-9)6-8(12)5-10/h8,12H,3-7H2,1-2H3. The van der Waals surface area contributed by atoms with Crippen molar-refractivity contribution < 1.29 is 5.11 Å². The molecule has 0 spiro atoms. The molecule has 1 aliphatic rings. The van der Waals surface area contributed by atoms with Gasteiger partial charge in [0.15, 0.2) is 0 Å². The van der Waals surface area contributed by atoms with Crippen LogP contribution in [0.3, 0.4) is 0 Å². The molecule has 1 unspecified atom stereocenters. The molecular weight excluding hydrogens is 250 g/mol. The van der Waals surface area contributed by atoms with E-state index in [1.54, 1.807) is 0 Å². The highest BCUT2D eigenvalue weighted by atomic mass is 79.9. The molecule has 1 rings (SSSR count). The van der Waals surface area contributed by atoms with Gasteiger partial charge in [0.1, 0.15) is 0 Å². The number of aliphatic hydroxyl groups excluding tert-OH is 1. The lowest BCUT2D eigenvalue weighted by Crippen LogP contribution is -2.46. The van der Waals surface area contributed by atoms with Crippen LogP contribution >= 0.6 is 27.7 Å². The maximum atomic E-state index is 9.49. The predicted molar refractivity (Wildman–Crippen MR) is 62.8 cm³/mol. The smallest absolute Gasteiger partial charge is 0.0763 e. The number of thioether (sulfide) groups is 1. The van der Waals surface area contributed by atoms with Gasteiger partial charge < -0.3 is 5.11 Å². The molecule has 1 heterocycles. The molecule has 1 saturated heterocycles. The van der Waals surface area contributed by atoms with E-state index in [-0.39, 0.29) is 6.10 Å². The molecule has 0 saturated carbocycles. The highest BCUT2D eigenvalue weighted by molar-refractivity contribution is 9.09. The molecule has 0 amide bonds. The fourth-order valence-corrected chi connectivity index (χ4v) is 3.00. The number of nitrogens with zero attached hydrogens (tertiary/aromatic N) is 1. The molecule has 1 fully saturated rings. The molecule has 0 aromatic rings. The number of hydrogen-bond donors (Lipinski definition) is 1. The third kappa shape index (κ3) is 4.19.